The summed E-state index contributed by atoms with van der Waals surface area (Å²) >= 11 is 0. The third kappa shape index (κ3) is 6.17. The molecule has 1 atom stereocenters. The van der Waals surface area contributed by atoms with Crippen molar-refractivity contribution in [2.75, 3.05) is 39.4 Å². The molecule has 1 fully saturated rings. The third-order valence-electron chi connectivity index (χ3n) is 4.03. The highest BCUT2D eigenvalue weighted by Gasteiger charge is 2.22. The lowest BCUT2D eigenvalue weighted by Gasteiger charge is -2.35. The molecular weight excluding hydrogens is 224 g/mol. The second-order valence-electron chi connectivity index (χ2n) is 5.49. The molecule has 0 heterocycles. The van der Waals surface area contributed by atoms with Gasteiger partial charge < -0.3 is 10.1 Å². The van der Waals surface area contributed by atoms with Crippen LogP contribution in [-0.4, -0.2) is 50.3 Å². The van der Waals surface area contributed by atoms with Crippen molar-refractivity contribution in [1.29, 1.82) is 0 Å². The Morgan fingerprint density at radius 2 is 2.11 bits per heavy atom. The molecule has 3 nitrogen and oxygen atoms in total. The summed E-state index contributed by atoms with van der Waals surface area (Å²) in [6.45, 7) is 13.1. The monoisotopic (exact) mass is 256 g/mol. The number of nitrogens with zero attached hydrogens (tertiary/aromatic N) is 1. The average Bonchev–Trinajstić information content (AvgIpc) is 2.32. The van der Waals surface area contributed by atoms with Crippen LogP contribution in [0.25, 0.3) is 0 Å². The molecule has 0 aromatic heterocycles. The Labute approximate surface area is 113 Å². The molecule has 0 aromatic rings. The molecule has 108 valence electrons. The summed E-state index contributed by atoms with van der Waals surface area (Å²) in [5, 5.41) is 3.55. The normalized spacial score (nSPS) is 18.0. The summed E-state index contributed by atoms with van der Waals surface area (Å²) in [5.74, 6) is 0.977. The second-order valence-corrected chi connectivity index (χ2v) is 5.49. The van der Waals surface area contributed by atoms with Crippen LogP contribution in [0.3, 0.4) is 0 Å². The van der Waals surface area contributed by atoms with Crippen molar-refractivity contribution in [3.8, 4) is 0 Å². The van der Waals surface area contributed by atoms with Crippen LogP contribution in [0.5, 0.6) is 0 Å². The first kappa shape index (κ1) is 15.9. The van der Waals surface area contributed by atoms with Crippen LogP contribution in [0.4, 0.5) is 0 Å². The fraction of sp³-hybridized carbons (Fsp3) is 1.00. The molecular formula is C15H32N2O. The molecule has 3 heteroatoms. The van der Waals surface area contributed by atoms with Gasteiger partial charge in [0.15, 0.2) is 0 Å². The smallest absolute Gasteiger partial charge is 0.0477 e. The molecule has 0 saturated heterocycles. The molecule has 0 radical (unpaired) electrons. The largest absolute Gasteiger partial charge is 0.382 e. The Morgan fingerprint density at radius 3 is 2.67 bits per heavy atom. The van der Waals surface area contributed by atoms with Gasteiger partial charge in [-0.25, -0.2) is 0 Å². The molecule has 1 aliphatic carbocycles. The van der Waals surface area contributed by atoms with Crippen LogP contribution in [-0.2, 0) is 4.74 Å². The Kier molecular flexibility index (Phi) is 8.64. The highest BCUT2D eigenvalue weighted by molar-refractivity contribution is 4.77. The molecule has 1 rings (SSSR count). The number of hydrogen-bond acceptors (Lipinski definition) is 3. The second kappa shape index (κ2) is 9.76. The Balaban J connectivity index is 2.03. The van der Waals surface area contributed by atoms with Crippen LogP contribution >= 0.6 is 0 Å². The van der Waals surface area contributed by atoms with Crippen LogP contribution in [0.2, 0.25) is 0 Å². The van der Waals surface area contributed by atoms with Gasteiger partial charge in [-0.05, 0) is 52.1 Å². The fourth-order valence-electron chi connectivity index (χ4n) is 2.51. The molecule has 0 spiro atoms. The predicted octanol–water partition coefficient (Wildman–Crippen LogP) is 2.51. The highest BCUT2D eigenvalue weighted by Crippen LogP contribution is 2.27. The first-order valence-corrected chi connectivity index (χ1v) is 7.80. The van der Waals surface area contributed by atoms with E-state index in [2.05, 4.69) is 31.0 Å². The first-order chi connectivity index (χ1) is 8.77. The standard InChI is InChI=1S/C15H32N2O/c1-4-17(13-15-8-6-9-15)14(3)12-16-10-7-11-18-5-2/h14-16H,4-13H2,1-3H3. The van der Waals surface area contributed by atoms with Gasteiger partial charge in [-0.15, -0.1) is 0 Å². The molecule has 0 bridgehead atoms. The van der Waals surface area contributed by atoms with Crippen molar-refractivity contribution in [1.82, 2.24) is 10.2 Å². The van der Waals surface area contributed by atoms with E-state index >= 15 is 0 Å². The molecule has 0 aliphatic heterocycles. The van der Waals surface area contributed by atoms with E-state index in [4.69, 9.17) is 4.74 Å². The number of ether oxygens (including phenoxy) is 1. The van der Waals surface area contributed by atoms with E-state index in [1.54, 1.807) is 0 Å². The quantitative estimate of drug-likeness (QED) is 0.575. The van der Waals surface area contributed by atoms with Gasteiger partial charge in [-0.1, -0.05) is 13.3 Å². The maximum Gasteiger partial charge on any atom is 0.0477 e. The molecule has 0 aromatic carbocycles. The third-order valence-corrected chi connectivity index (χ3v) is 4.03. The van der Waals surface area contributed by atoms with E-state index in [9.17, 15) is 0 Å². The maximum absolute atomic E-state index is 5.33. The van der Waals surface area contributed by atoms with Gasteiger partial charge in [0, 0.05) is 32.3 Å². The minimum atomic E-state index is 0.655. The number of rotatable bonds is 11. The van der Waals surface area contributed by atoms with Gasteiger partial charge in [-0.3, -0.25) is 4.90 Å². The average molecular weight is 256 g/mol. The van der Waals surface area contributed by atoms with E-state index in [1.807, 2.05) is 0 Å². The van der Waals surface area contributed by atoms with Gasteiger partial charge in [-0.2, -0.15) is 0 Å². The van der Waals surface area contributed by atoms with Gasteiger partial charge in [0.25, 0.3) is 0 Å². The lowest BCUT2D eigenvalue weighted by atomic mass is 9.85. The Morgan fingerprint density at radius 1 is 1.33 bits per heavy atom. The van der Waals surface area contributed by atoms with Crippen LogP contribution in [0.15, 0.2) is 0 Å². The van der Waals surface area contributed by atoms with E-state index in [0.29, 0.717) is 6.04 Å². The van der Waals surface area contributed by atoms with E-state index < -0.39 is 0 Å². The van der Waals surface area contributed by atoms with E-state index in [-0.39, 0.29) is 0 Å². The van der Waals surface area contributed by atoms with Gasteiger partial charge in [0.05, 0.1) is 0 Å². The van der Waals surface area contributed by atoms with Crippen molar-refractivity contribution in [3.05, 3.63) is 0 Å². The predicted molar refractivity (Wildman–Crippen MR) is 78.0 cm³/mol. The van der Waals surface area contributed by atoms with E-state index in [1.165, 1.54) is 32.4 Å². The van der Waals surface area contributed by atoms with Crippen molar-refractivity contribution >= 4 is 0 Å². The Hall–Kier alpha value is -0.120. The zero-order valence-electron chi connectivity index (χ0n) is 12.6. The molecule has 1 unspecified atom stereocenters. The number of nitrogens with one attached hydrogen (secondary N) is 1. The lowest BCUT2D eigenvalue weighted by Crippen LogP contribution is -2.44. The zero-order chi connectivity index (χ0) is 13.2. The van der Waals surface area contributed by atoms with E-state index in [0.717, 1.165) is 38.6 Å². The summed E-state index contributed by atoms with van der Waals surface area (Å²) in [5.41, 5.74) is 0. The summed E-state index contributed by atoms with van der Waals surface area (Å²) < 4.78 is 5.33. The zero-order valence-corrected chi connectivity index (χ0v) is 12.6. The maximum atomic E-state index is 5.33. The fourth-order valence-corrected chi connectivity index (χ4v) is 2.51. The molecule has 1 aliphatic rings. The van der Waals surface area contributed by atoms with Crippen LogP contribution in [0.1, 0.15) is 46.5 Å². The molecule has 0 amide bonds. The number of hydrogen-bond donors (Lipinski definition) is 1. The highest BCUT2D eigenvalue weighted by atomic mass is 16.5. The van der Waals surface area contributed by atoms with Crippen LogP contribution in [0, 0.1) is 5.92 Å². The van der Waals surface area contributed by atoms with Gasteiger partial charge >= 0.3 is 0 Å². The summed E-state index contributed by atoms with van der Waals surface area (Å²) in [6.07, 6.45) is 5.47. The number of likely N-dealkylation sites (N-methyl/N-ethyl adjacent to an activating group) is 1. The topological polar surface area (TPSA) is 24.5 Å². The minimum absolute atomic E-state index is 0.655. The van der Waals surface area contributed by atoms with Gasteiger partial charge in [0.2, 0.25) is 0 Å². The van der Waals surface area contributed by atoms with Crippen molar-refractivity contribution in [3.63, 3.8) is 0 Å². The summed E-state index contributed by atoms with van der Waals surface area (Å²) in [7, 11) is 0. The first-order valence-electron chi connectivity index (χ1n) is 7.80. The Bertz CT molecular complexity index is 195. The minimum Gasteiger partial charge on any atom is -0.382 e. The lowest BCUT2D eigenvalue weighted by molar-refractivity contribution is 0.137. The van der Waals surface area contributed by atoms with Gasteiger partial charge in [0.1, 0.15) is 0 Å². The molecule has 18 heavy (non-hydrogen) atoms. The van der Waals surface area contributed by atoms with Crippen molar-refractivity contribution in [2.24, 2.45) is 5.92 Å². The molecule has 1 N–H and O–H groups in total. The summed E-state index contributed by atoms with van der Waals surface area (Å²) in [6, 6.07) is 0.655. The van der Waals surface area contributed by atoms with Crippen molar-refractivity contribution < 1.29 is 4.74 Å². The SMILES string of the molecule is CCOCCCNCC(C)N(CC)CC1CCC1. The molecule has 1 saturated carbocycles. The summed E-state index contributed by atoms with van der Waals surface area (Å²) in [4.78, 5) is 2.62. The van der Waals surface area contributed by atoms with Crippen LogP contribution < -0.4 is 5.32 Å². The van der Waals surface area contributed by atoms with Crippen molar-refractivity contribution in [2.45, 2.75) is 52.5 Å².